The fraction of sp³-hybridized carbons (Fsp3) is 0.273. The summed E-state index contributed by atoms with van der Waals surface area (Å²) >= 11 is 0. The van der Waals surface area contributed by atoms with Crippen molar-refractivity contribution in [3.63, 3.8) is 0 Å². The summed E-state index contributed by atoms with van der Waals surface area (Å²) in [4.78, 5) is 2.75. The summed E-state index contributed by atoms with van der Waals surface area (Å²) in [7, 11) is -3.43. The monoisotopic (exact) mass is 380 g/mol. The molecule has 0 radical (unpaired) electrons. The average molecular weight is 381 g/mol. The molecule has 1 N–H and O–H groups in total. The highest BCUT2D eigenvalue weighted by atomic mass is 32.2. The van der Waals surface area contributed by atoms with Crippen LogP contribution in [0.3, 0.4) is 0 Å². The molecule has 1 saturated heterocycles. The molecule has 0 saturated carbocycles. The van der Waals surface area contributed by atoms with E-state index in [-0.39, 0.29) is 6.04 Å². The molecule has 0 aliphatic carbocycles. The number of fused-ring (bicyclic) bond motifs is 1. The van der Waals surface area contributed by atoms with Gasteiger partial charge in [0.1, 0.15) is 0 Å². The van der Waals surface area contributed by atoms with Gasteiger partial charge in [-0.25, -0.2) is 13.1 Å². The van der Waals surface area contributed by atoms with E-state index in [4.69, 9.17) is 0 Å². The van der Waals surface area contributed by atoms with Gasteiger partial charge in [0.05, 0.1) is 4.90 Å². The molecule has 0 spiro atoms. The van der Waals surface area contributed by atoms with Crippen LogP contribution in [0.25, 0.3) is 10.8 Å². The lowest BCUT2D eigenvalue weighted by Crippen LogP contribution is -2.44. The summed E-state index contributed by atoms with van der Waals surface area (Å²) in [5.41, 5.74) is 1.33. The van der Waals surface area contributed by atoms with E-state index >= 15 is 0 Å². The van der Waals surface area contributed by atoms with Crippen LogP contribution >= 0.6 is 0 Å². The zero-order chi connectivity index (χ0) is 18.7. The normalized spacial score (nSPS) is 16.6. The molecular weight excluding hydrogens is 356 g/mol. The lowest BCUT2D eigenvalue weighted by atomic mass is 10.0. The Morgan fingerprint density at radius 2 is 1.52 bits per heavy atom. The molecule has 27 heavy (non-hydrogen) atoms. The summed E-state index contributed by atoms with van der Waals surface area (Å²) in [6, 6.07) is 23.5. The maximum atomic E-state index is 12.5. The SMILES string of the molecule is O=S(=O)(NC1CCN(Cc2cccc3ccccc23)CC1)c1ccccc1. The minimum absolute atomic E-state index is 0.000950. The van der Waals surface area contributed by atoms with Gasteiger partial charge in [-0.2, -0.15) is 0 Å². The number of nitrogens with zero attached hydrogens (tertiary/aromatic N) is 1. The molecule has 1 fully saturated rings. The molecule has 1 heterocycles. The Kier molecular flexibility index (Phi) is 5.25. The third-order valence-electron chi connectivity index (χ3n) is 5.24. The number of likely N-dealkylation sites (tertiary alicyclic amines) is 1. The van der Waals surface area contributed by atoms with E-state index < -0.39 is 10.0 Å². The Hall–Kier alpha value is -2.21. The number of sulfonamides is 1. The van der Waals surface area contributed by atoms with Crippen molar-refractivity contribution in [2.45, 2.75) is 30.3 Å². The third kappa shape index (κ3) is 4.21. The van der Waals surface area contributed by atoms with Crippen LogP contribution in [-0.2, 0) is 16.6 Å². The number of rotatable bonds is 5. The quantitative estimate of drug-likeness (QED) is 0.733. The van der Waals surface area contributed by atoms with Crippen molar-refractivity contribution in [3.8, 4) is 0 Å². The molecule has 1 aliphatic heterocycles. The molecule has 1 aliphatic rings. The molecule has 0 aromatic heterocycles. The highest BCUT2D eigenvalue weighted by Gasteiger charge is 2.24. The molecular formula is C22H24N2O2S. The molecule has 0 amide bonds. The number of hydrogen-bond acceptors (Lipinski definition) is 3. The summed E-state index contributed by atoms with van der Waals surface area (Å²) in [6.45, 7) is 2.69. The van der Waals surface area contributed by atoms with E-state index in [1.807, 2.05) is 6.07 Å². The van der Waals surface area contributed by atoms with Crippen LogP contribution in [0.15, 0.2) is 77.7 Å². The molecule has 140 valence electrons. The first-order valence-corrected chi connectivity index (χ1v) is 10.9. The minimum Gasteiger partial charge on any atom is -0.299 e. The van der Waals surface area contributed by atoms with Crippen LogP contribution in [0, 0.1) is 0 Å². The number of hydrogen-bond donors (Lipinski definition) is 1. The van der Waals surface area contributed by atoms with Gasteiger partial charge in [0.15, 0.2) is 0 Å². The lowest BCUT2D eigenvalue weighted by molar-refractivity contribution is 0.200. The first-order valence-electron chi connectivity index (χ1n) is 9.38. The van der Waals surface area contributed by atoms with Crippen molar-refractivity contribution in [3.05, 3.63) is 78.4 Å². The van der Waals surface area contributed by atoms with Crippen LogP contribution in [0.4, 0.5) is 0 Å². The Balaban J connectivity index is 1.38. The third-order valence-corrected chi connectivity index (χ3v) is 6.77. The molecule has 3 aromatic carbocycles. The highest BCUT2D eigenvalue weighted by Crippen LogP contribution is 2.22. The van der Waals surface area contributed by atoms with Gasteiger partial charge in [-0.3, -0.25) is 4.90 Å². The summed E-state index contributed by atoms with van der Waals surface area (Å²) in [5, 5.41) is 2.56. The largest absolute Gasteiger partial charge is 0.299 e. The lowest BCUT2D eigenvalue weighted by Gasteiger charge is -2.32. The number of benzene rings is 3. The molecule has 4 rings (SSSR count). The second-order valence-electron chi connectivity index (χ2n) is 7.12. The van der Waals surface area contributed by atoms with Crippen molar-refractivity contribution in [1.82, 2.24) is 9.62 Å². The fourth-order valence-electron chi connectivity index (χ4n) is 3.77. The van der Waals surface area contributed by atoms with Crippen molar-refractivity contribution in [2.75, 3.05) is 13.1 Å². The van der Waals surface area contributed by atoms with Crippen LogP contribution in [0.2, 0.25) is 0 Å². The predicted molar refractivity (Wildman–Crippen MR) is 109 cm³/mol. The highest BCUT2D eigenvalue weighted by molar-refractivity contribution is 7.89. The first kappa shape index (κ1) is 18.2. The second-order valence-corrected chi connectivity index (χ2v) is 8.84. The van der Waals surface area contributed by atoms with Crippen molar-refractivity contribution in [2.24, 2.45) is 0 Å². The van der Waals surface area contributed by atoms with Crippen LogP contribution in [0.5, 0.6) is 0 Å². The average Bonchev–Trinajstić information content (AvgIpc) is 2.70. The molecule has 4 nitrogen and oxygen atoms in total. The van der Waals surface area contributed by atoms with Crippen molar-refractivity contribution < 1.29 is 8.42 Å². The van der Waals surface area contributed by atoms with E-state index in [0.29, 0.717) is 4.90 Å². The van der Waals surface area contributed by atoms with Gasteiger partial charge < -0.3 is 0 Å². The maximum absolute atomic E-state index is 12.5. The van der Waals surface area contributed by atoms with Crippen LogP contribution in [0.1, 0.15) is 18.4 Å². The topological polar surface area (TPSA) is 49.4 Å². The molecule has 3 aromatic rings. The van der Waals surface area contributed by atoms with Gasteiger partial charge in [0.2, 0.25) is 10.0 Å². The molecule has 0 unspecified atom stereocenters. The summed E-state index contributed by atoms with van der Waals surface area (Å²) in [5.74, 6) is 0. The Morgan fingerprint density at radius 3 is 2.30 bits per heavy atom. The van der Waals surface area contributed by atoms with E-state index in [1.165, 1.54) is 16.3 Å². The van der Waals surface area contributed by atoms with E-state index in [2.05, 4.69) is 52.1 Å². The minimum atomic E-state index is -3.43. The van der Waals surface area contributed by atoms with Gasteiger partial charge in [-0.15, -0.1) is 0 Å². The van der Waals surface area contributed by atoms with Crippen LogP contribution < -0.4 is 4.72 Å². The van der Waals surface area contributed by atoms with Gasteiger partial charge in [0, 0.05) is 25.7 Å². The standard InChI is InChI=1S/C22H24N2O2S/c25-27(26,21-10-2-1-3-11-21)23-20-13-15-24(16-14-20)17-19-9-6-8-18-7-4-5-12-22(18)19/h1-12,20,23H,13-17H2. The first-order chi connectivity index (χ1) is 13.1. The number of nitrogens with one attached hydrogen (secondary N) is 1. The fourth-order valence-corrected chi connectivity index (χ4v) is 5.09. The Labute approximate surface area is 160 Å². The van der Waals surface area contributed by atoms with E-state index in [0.717, 1.165) is 32.5 Å². The van der Waals surface area contributed by atoms with Gasteiger partial charge in [-0.05, 0) is 41.3 Å². The Morgan fingerprint density at radius 1 is 0.852 bits per heavy atom. The maximum Gasteiger partial charge on any atom is 0.240 e. The van der Waals surface area contributed by atoms with E-state index in [1.54, 1.807) is 24.3 Å². The van der Waals surface area contributed by atoms with Gasteiger partial charge >= 0.3 is 0 Å². The number of piperidine rings is 1. The molecule has 5 heteroatoms. The zero-order valence-electron chi connectivity index (χ0n) is 15.2. The summed E-state index contributed by atoms with van der Waals surface area (Å²) < 4.78 is 27.9. The van der Waals surface area contributed by atoms with E-state index in [9.17, 15) is 8.42 Å². The summed E-state index contributed by atoms with van der Waals surface area (Å²) in [6.07, 6.45) is 1.66. The predicted octanol–water partition coefficient (Wildman–Crippen LogP) is 3.78. The molecule has 0 atom stereocenters. The van der Waals surface area contributed by atoms with Crippen LogP contribution in [-0.4, -0.2) is 32.4 Å². The van der Waals surface area contributed by atoms with Crippen molar-refractivity contribution >= 4 is 20.8 Å². The smallest absolute Gasteiger partial charge is 0.240 e. The van der Waals surface area contributed by atoms with Gasteiger partial charge in [-0.1, -0.05) is 60.7 Å². The Bertz CT molecular complexity index is 1010. The zero-order valence-corrected chi connectivity index (χ0v) is 16.0. The second kappa shape index (κ2) is 7.80. The van der Waals surface area contributed by atoms with Gasteiger partial charge in [0.25, 0.3) is 0 Å². The van der Waals surface area contributed by atoms with Crippen molar-refractivity contribution in [1.29, 1.82) is 0 Å². The molecule has 0 bridgehead atoms.